The van der Waals surface area contributed by atoms with Crippen LogP contribution in [0.25, 0.3) is 6.08 Å². The molecule has 6 heteroatoms. The van der Waals surface area contributed by atoms with Crippen molar-refractivity contribution in [3.63, 3.8) is 0 Å². The van der Waals surface area contributed by atoms with E-state index in [1.807, 2.05) is 6.07 Å². The molecule has 2 unspecified atom stereocenters. The first-order valence-electron chi connectivity index (χ1n) is 11.5. The summed E-state index contributed by atoms with van der Waals surface area (Å²) in [6.45, 7) is 5.19. The van der Waals surface area contributed by atoms with Crippen LogP contribution in [0.3, 0.4) is 0 Å². The van der Waals surface area contributed by atoms with Gasteiger partial charge in [0.05, 0.1) is 23.8 Å². The summed E-state index contributed by atoms with van der Waals surface area (Å²) in [6.07, 6.45) is 8.13. The smallest absolute Gasteiger partial charge is 0.214 e. The number of hydrogen-bond donors (Lipinski definition) is 1. The molecule has 3 fully saturated rings. The quantitative estimate of drug-likeness (QED) is 0.771. The molecule has 1 aromatic carbocycles. The highest BCUT2D eigenvalue weighted by Crippen LogP contribution is 2.71. The Morgan fingerprint density at radius 2 is 1.90 bits per heavy atom. The molecule has 5 rings (SSSR count). The van der Waals surface area contributed by atoms with E-state index >= 15 is 0 Å². The molecule has 0 aromatic heterocycles. The van der Waals surface area contributed by atoms with Gasteiger partial charge >= 0.3 is 0 Å². The SMILES string of the molecule is CC1(C)C2CC[C@@]1(CS(=O)(=O)N1CCC3(C=Cc4ccccc43)CC1)C(O)(CC#N)C2. The minimum absolute atomic E-state index is 0.00708. The maximum Gasteiger partial charge on any atom is 0.214 e. The van der Waals surface area contributed by atoms with Gasteiger partial charge in [0.2, 0.25) is 10.0 Å². The van der Waals surface area contributed by atoms with Gasteiger partial charge in [0.15, 0.2) is 0 Å². The van der Waals surface area contributed by atoms with Crippen molar-refractivity contribution in [1.82, 2.24) is 4.31 Å². The Kier molecular flexibility index (Phi) is 4.55. The molecule has 1 aliphatic heterocycles. The molecule has 31 heavy (non-hydrogen) atoms. The molecule has 1 heterocycles. The van der Waals surface area contributed by atoms with Gasteiger partial charge in [-0.1, -0.05) is 50.3 Å². The van der Waals surface area contributed by atoms with Crippen LogP contribution >= 0.6 is 0 Å². The average Bonchev–Trinajstić information content (AvgIpc) is 3.24. The number of rotatable bonds is 4. The van der Waals surface area contributed by atoms with Crippen LogP contribution in [-0.4, -0.2) is 42.3 Å². The molecule has 5 nitrogen and oxygen atoms in total. The molecule has 3 aliphatic carbocycles. The summed E-state index contributed by atoms with van der Waals surface area (Å²) in [5, 5.41) is 20.9. The molecule has 1 N–H and O–H groups in total. The zero-order chi connectivity index (χ0) is 22.1. The maximum absolute atomic E-state index is 13.7. The fourth-order valence-corrected chi connectivity index (χ4v) is 9.82. The van der Waals surface area contributed by atoms with Gasteiger partial charge in [0.1, 0.15) is 0 Å². The Morgan fingerprint density at radius 1 is 1.19 bits per heavy atom. The van der Waals surface area contributed by atoms with Gasteiger partial charge in [0.25, 0.3) is 0 Å². The van der Waals surface area contributed by atoms with Crippen LogP contribution in [0.4, 0.5) is 0 Å². The molecule has 2 saturated carbocycles. The number of nitrogens with zero attached hydrogens (tertiary/aromatic N) is 2. The van der Waals surface area contributed by atoms with Crippen LogP contribution in [0.15, 0.2) is 30.3 Å². The van der Waals surface area contributed by atoms with Crippen LogP contribution in [0, 0.1) is 28.1 Å². The van der Waals surface area contributed by atoms with Gasteiger partial charge in [-0.25, -0.2) is 12.7 Å². The lowest BCUT2D eigenvalue weighted by Gasteiger charge is -2.48. The van der Waals surface area contributed by atoms with E-state index in [0.717, 1.165) is 19.3 Å². The van der Waals surface area contributed by atoms with Crippen LogP contribution in [0.1, 0.15) is 63.5 Å². The van der Waals surface area contributed by atoms with Crippen LogP contribution < -0.4 is 0 Å². The Hall–Kier alpha value is -1.68. The third kappa shape index (κ3) is 2.76. The second kappa shape index (κ2) is 6.66. The van der Waals surface area contributed by atoms with Gasteiger partial charge < -0.3 is 5.11 Å². The number of nitriles is 1. The van der Waals surface area contributed by atoms with Crippen molar-refractivity contribution in [1.29, 1.82) is 5.26 Å². The normalized spacial score (nSPS) is 35.4. The zero-order valence-electron chi connectivity index (χ0n) is 18.5. The number of fused-ring (bicyclic) bond motifs is 4. The zero-order valence-corrected chi connectivity index (χ0v) is 19.3. The van der Waals surface area contributed by atoms with E-state index in [2.05, 4.69) is 50.3 Å². The largest absolute Gasteiger partial charge is 0.388 e. The summed E-state index contributed by atoms with van der Waals surface area (Å²) in [4.78, 5) is 0. The predicted octanol–water partition coefficient (Wildman–Crippen LogP) is 3.85. The molecule has 1 aromatic rings. The van der Waals surface area contributed by atoms with Crippen molar-refractivity contribution in [2.75, 3.05) is 18.8 Å². The van der Waals surface area contributed by atoms with Gasteiger partial charge in [0, 0.05) is 23.9 Å². The van der Waals surface area contributed by atoms with Crippen molar-refractivity contribution in [2.24, 2.45) is 16.7 Å². The fourth-order valence-electron chi connectivity index (χ4n) is 7.49. The summed E-state index contributed by atoms with van der Waals surface area (Å²) in [7, 11) is -3.55. The molecular formula is C25H32N2O3S. The number of hydrogen-bond acceptors (Lipinski definition) is 4. The van der Waals surface area contributed by atoms with Gasteiger partial charge in [-0.05, 0) is 54.6 Å². The van der Waals surface area contributed by atoms with E-state index in [9.17, 15) is 18.8 Å². The lowest BCUT2D eigenvalue weighted by Crippen LogP contribution is -2.56. The summed E-state index contributed by atoms with van der Waals surface area (Å²) in [5.41, 5.74) is 0.219. The minimum Gasteiger partial charge on any atom is -0.388 e. The molecular weight excluding hydrogens is 408 g/mol. The number of benzene rings is 1. The highest BCUT2D eigenvalue weighted by atomic mass is 32.2. The van der Waals surface area contributed by atoms with Gasteiger partial charge in [-0.3, -0.25) is 0 Å². The predicted molar refractivity (Wildman–Crippen MR) is 120 cm³/mol. The Bertz CT molecular complexity index is 1080. The number of allylic oxidation sites excluding steroid dienone is 1. The topological polar surface area (TPSA) is 81.4 Å². The molecule has 1 spiro atoms. The Labute approximate surface area is 185 Å². The van der Waals surface area contributed by atoms with Crippen molar-refractivity contribution >= 4 is 16.1 Å². The third-order valence-electron chi connectivity index (χ3n) is 9.54. The third-order valence-corrected chi connectivity index (χ3v) is 11.5. The number of piperidine rings is 1. The Balaban J connectivity index is 1.39. The lowest BCUT2D eigenvalue weighted by molar-refractivity contribution is -0.0837. The first-order chi connectivity index (χ1) is 14.6. The summed E-state index contributed by atoms with van der Waals surface area (Å²) in [5.74, 6) is 0.215. The van der Waals surface area contributed by atoms with Crippen molar-refractivity contribution in [2.45, 2.75) is 63.4 Å². The molecule has 166 valence electrons. The summed E-state index contributed by atoms with van der Waals surface area (Å²) in [6, 6.07) is 10.5. The molecule has 0 radical (unpaired) electrons. The molecule has 0 amide bonds. The highest BCUT2D eigenvalue weighted by molar-refractivity contribution is 7.89. The maximum atomic E-state index is 13.7. The van der Waals surface area contributed by atoms with Crippen LogP contribution in [-0.2, 0) is 15.4 Å². The number of sulfonamides is 1. The standard InChI is InChI=1S/C25H32N2O3S/c1-22(2)20-8-10-24(22,25(28,17-20)11-14-26)18-31(29,30)27-15-12-23(13-16-27)9-7-19-5-3-4-6-21(19)23/h3-7,9,20,28H,8,10-13,15-18H2,1-2H3/t20?,24-,25?/m0/s1. The molecule has 4 aliphatic rings. The van der Waals surface area contributed by atoms with Crippen LogP contribution in [0.2, 0.25) is 0 Å². The minimum atomic E-state index is -3.55. The monoisotopic (exact) mass is 440 g/mol. The van der Waals surface area contributed by atoms with Gasteiger partial charge in [-0.15, -0.1) is 0 Å². The molecule has 2 bridgehead atoms. The second-order valence-corrected chi connectivity index (χ2v) is 12.8. The molecule has 3 atom stereocenters. The van der Waals surface area contributed by atoms with E-state index < -0.39 is 21.0 Å². The fraction of sp³-hybridized carbons (Fsp3) is 0.640. The lowest BCUT2D eigenvalue weighted by atomic mass is 9.63. The second-order valence-electron chi connectivity index (χ2n) is 10.8. The molecule has 1 saturated heterocycles. The Morgan fingerprint density at radius 3 is 2.58 bits per heavy atom. The summed E-state index contributed by atoms with van der Waals surface area (Å²) >= 11 is 0. The van der Waals surface area contributed by atoms with E-state index in [1.165, 1.54) is 11.1 Å². The van der Waals surface area contributed by atoms with E-state index in [1.54, 1.807) is 4.31 Å². The van der Waals surface area contributed by atoms with Crippen molar-refractivity contribution in [3.05, 3.63) is 41.5 Å². The first kappa shape index (κ1) is 21.2. The highest BCUT2D eigenvalue weighted by Gasteiger charge is 2.71. The van der Waals surface area contributed by atoms with Crippen molar-refractivity contribution < 1.29 is 13.5 Å². The van der Waals surface area contributed by atoms with Gasteiger partial charge in [-0.2, -0.15) is 5.26 Å². The average molecular weight is 441 g/mol. The van der Waals surface area contributed by atoms with E-state index in [0.29, 0.717) is 25.9 Å². The van der Waals surface area contributed by atoms with E-state index in [4.69, 9.17) is 0 Å². The first-order valence-corrected chi connectivity index (χ1v) is 13.1. The van der Waals surface area contributed by atoms with Crippen LogP contribution in [0.5, 0.6) is 0 Å². The summed E-state index contributed by atoms with van der Waals surface area (Å²) < 4.78 is 29.0. The number of aliphatic hydroxyl groups is 1. The van der Waals surface area contributed by atoms with Crippen molar-refractivity contribution in [3.8, 4) is 6.07 Å². The van der Waals surface area contributed by atoms with E-state index in [-0.39, 0.29) is 28.9 Å².